The molecule has 0 aliphatic heterocycles. The first-order valence-electron chi connectivity index (χ1n) is 10.5. The maximum Gasteiger partial charge on any atom is 0.328 e. The Hall–Kier alpha value is -3.66. The van der Waals surface area contributed by atoms with E-state index in [0.717, 1.165) is 16.5 Å². The van der Waals surface area contributed by atoms with Crippen molar-refractivity contribution in [2.24, 2.45) is 5.73 Å². The Kier molecular flexibility index (Phi) is 7.49. The van der Waals surface area contributed by atoms with Crippen LogP contribution >= 0.6 is 0 Å². The average Bonchev–Trinajstić information content (AvgIpc) is 2.81. The number of sulfonamides is 1. The zero-order valence-electron chi connectivity index (χ0n) is 18.6. The Morgan fingerprint density at radius 2 is 1.73 bits per heavy atom. The number of amides is 4. The third-order valence-corrected chi connectivity index (χ3v) is 6.92. The quantitative estimate of drug-likeness (QED) is 0.524. The highest BCUT2D eigenvalue weighted by Crippen LogP contribution is 2.18. The predicted molar refractivity (Wildman–Crippen MR) is 127 cm³/mol. The van der Waals surface area contributed by atoms with E-state index in [1.807, 2.05) is 30.3 Å². The summed E-state index contributed by atoms with van der Waals surface area (Å²) in [7, 11) is -2.35. The fourth-order valence-corrected chi connectivity index (χ4v) is 4.68. The van der Waals surface area contributed by atoms with Crippen molar-refractivity contribution in [1.29, 1.82) is 0 Å². The molecule has 3 N–H and O–H groups in total. The van der Waals surface area contributed by atoms with E-state index in [0.29, 0.717) is 29.5 Å². The van der Waals surface area contributed by atoms with Crippen molar-refractivity contribution in [2.45, 2.75) is 24.7 Å². The summed E-state index contributed by atoms with van der Waals surface area (Å²) in [6.45, 7) is 2.13. The number of nitrogens with one attached hydrogen (secondary N) is 1. The molecule has 1 heterocycles. The van der Waals surface area contributed by atoms with Crippen LogP contribution in [-0.4, -0.2) is 49.9 Å². The maximum atomic E-state index is 12.6. The molecule has 0 fully saturated rings. The van der Waals surface area contributed by atoms with Crippen LogP contribution in [-0.2, 0) is 16.4 Å². The van der Waals surface area contributed by atoms with Gasteiger partial charge in [-0.25, -0.2) is 27.3 Å². The van der Waals surface area contributed by atoms with E-state index >= 15 is 0 Å². The molecule has 2 aromatic carbocycles. The molecule has 1 aromatic heterocycles. The Morgan fingerprint density at radius 1 is 1.03 bits per heavy atom. The zero-order chi connectivity index (χ0) is 24.0. The van der Waals surface area contributed by atoms with Gasteiger partial charge in [0.15, 0.2) is 0 Å². The molecule has 0 unspecified atom stereocenters. The van der Waals surface area contributed by atoms with Gasteiger partial charge in [-0.3, -0.25) is 4.90 Å². The fourth-order valence-electron chi connectivity index (χ4n) is 3.29. The monoisotopic (exact) mass is 469 g/mol. The molecule has 10 heteroatoms. The minimum atomic E-state index is -4.00. The van der Waals surface area contributed by atoms with E-state index < -0.39 is 16.1 Å². The molecule has 174 valence electrons. The summed E-state index contributed by atoms with van der Waals surface area (Å²) in [5, 5.41) is 3.83. The third kappa shape index (κ3) is 5.58. The molecule has 0 bridgehead atoms. The summed E-state index contributed by atoms with van der Waals surface area (Å²) in [5.74, 6) is 0.534. The van der Waals surface area contributed by atoms with E-state index in [4.69, 9.17) is 5.73 Å². The van der Waals surface area contributed by atoms with Crippen LogP contribution < -0.4 is 16.0 Å². The molecular weight excluding hydrogens is 442 g/mol. The van der Waals surface area contributed by atoms with Crippen molar-refractivity contribution in [3.63, 3.8) is 0 Å². The first-order chi connectivity index (χ1) is 15.7. The number of primary amides is 1. The zero-order valence-corrected chi connectivity index (χ0v) is 19.4. The Bertz CT molecular complexity index is 1250. The second kappa shape index (κ2) is 10.3. The lowest BCUT2D eigenvalue weighted by molar-refractivity contribution is 0.232. The standard InChI is InChI=1S/C23H27N5O4S/c1-3-16-28(22(24)29)33(31,32)19-11-8-17(9-12-19)14-15-25-23(30)27(2)21-13-10-18-6-4-5-7-20(18)26-21/h4-13H,3,14-16H2,1-2H3,(H2,24,29)(H,25,30). The number of carbonyl (C=O) groups is 2. The van der Waals surface area contributed by atoms with Crippen LogP contribution in [0.2, 0.25) is 0 Å². The molecule has 33 heavy (non-hydrogen) atoms. The molecule has 9 nitrogen and oxygen atoms in total. The molecule has 4 amide bonds. The van der Waals surface area contributed by atoms with E-state index in [-0.39, 0.29) is 17.5 Å². The lowest BCUT2D eigenvalue weighted by atomic mass is 10.1. The van der Waals surface area contributed by atoms with E-state index in [9.17, 15) is 18.0 Å². The second-order valence-corrected chi connectivity index (χ2v) is 9.32. The summed E-state index contributed by atoms with van der Waals surface area (Å²) < 4.78 is 25.9. The number of fused-ring (bicyclic) bond motifs is 1. The predicted octanol–water partition coefficient (Wildman–Crippen LogP) is 3.10. The van der Waals surface area contributed by atoms with Gasteiger partial charge in [0.2, 0.25) is 0 Å². The SMILES string of the molecule is CCCN(C(N)=O)S(=O)(=O)c1ccc(CCNC(=O)N(C)c2ccc3ccccc3n2)cc1. The van der Waals surface area contributed by atoms with Gasteiger partial charge in [0.05, 0.1) is 10.4 Å². The molecule has 3 rings (SSSR count). The number of hydrogen-bond donors (Lipinski definition) is 2. The first-order valence-corrected chi connectivity index (χ1v) is 12.0. The molecule has 3 aromatic rings. The largest absolute Gasteiger partial charge is 0.351 e. The molecular formula is C23H27N5O4S. The van der Waals surface area contributed by atoms with Crippen LogP contribution in [0.5, 0.6) is 0 Å². The minimum Gasteiger partial charge on any atom is -0.351 e. The Labute approximate surface area is 193 Å². The fraction of sp³-hybridized carbons (Fsp3) is 0.261. The van der Waals surface area contributed by atoms with Crippen LogP contribution in [0.4, 0.5) is 15.4 Å². The van der Waals surface area contributed by atoms with Crippen LogP contribution in [0.25, 0.3) is 10.9 Å². The van der Waals surface area contributed by atoms with Crippen LogP contribution in [0.15, 0.2) is 65.6 Å². The van der Waals surface area contributed by atoms with Gasteiger partial charge < -0.3 is 11.1 Å². The average molecular weight is 470 g/mol. The number of hydrogen-bond acceptors (Lipinski definition) is 5. The van der Waals surface area contributed by atoms with Crippen molar-refractivity contribution in [1.82, 2.24) is 14.6 Å². The third-order valence-electron chi connectivity index (χ3n) is 5.11. The molecule has 0 aliphatic rings. The maximum absolute atomic E-state index is 12.6. The highest BCUT2D eigenvalue weighted by Gasteiger charge is 2.26. The Balaban J connectivity index is 1.58. The highest BCUT2D eigenvalue weighted by atomic mass is 32.2. The van der Waals surface area contributed by atoms with Gasteiger partial charge in [0, 0.05) is 25.5 Å². The lowest BCUT2D eigenvalue weighted by Gasteiger charge is -2.19. The normalized spacial score (nSPS) is 11.2. The molecule has 0 saturated heterocycles. The number of rotatable bonds is 8. The van der Waals surface area contributed by atoms with Crippen molar-refractivity contribution >= 4 is 38.8 Å². The van der Waals surface area contributed by atoms with Crippen LogP contribution in [0, 0.1) is 0 Å². The van der Waals surface area contributed by atoms with Gasteiger partial charge in [-0.1, -0.05) is 37.3 Å². The van der Waals surface area contributed by atoms with Crippen molar-refractivity contribution in [2.75, 3.05) is 25.0 Å². The molecule has 0 saturated carbocycles. The van der Waals surface area contributed by atoms with E-state index in [1.54, 1.807) is 32.2 Å². The minimum absolute atomic E-state index is 0.00959. The van der Waals surface area contributed by atoms with Crippen LogP contribution in [0.1, 0.15) is 18.9 Å². The molecule has 0 atom stereocenters. The second-order valence-electron chi connectivity index (χ2n) is 7.46. The van der Waals surface area contributed by atoms with Crippen molar-refractivity contribution in [3.8, 4) is 0 Å². The summed E-state index contributed by atoms with van der Waals surface area (Å²) >= 11 is 0. The van der Waals surface area contributed by atoms with E-state index in [1.165, 1.54) is 17.0 Å². The molecule has 0 spiro atoms. The number of urea groups is 2. The lowest BCUT2D eigenvalue weighted by Crippen LogP contribution is -2.41. The van der Waals surface area contributed by atoms with Gasteiger partial charge in [0.1, 0.15) is 5.82 Å². The van der Waals surface area contributed by atoms with Crippen molar-refractivity contribution < 1.29 is 18.0 Å². The number of pyridine rings is 1. The number of aromatic nitrogens is 1. The van der Waals surface area contributed by atoms with Gasteiger partial charge in [0.25, 0.3) is 10.0 Å². The van der Waals surface area contributed by atoms with Gasteiger partial charge in [-0.15, -0.1) is 0 Å². The van der Waals surface area contributed by atoms with E-state index in [2.05, 4.69) is 10.3 Å². The number of carbonyl (C=O) groups excluding carboxylic acids is 2. The number of benzene rings is 2. The van der Waals surface area contributed by atoms with Gasteiger partial charge in [-0.05, 0) is 48.7 Å². The smallest absolute Gasteiger partial charge is 0.328 e. The highest BCUT2D eigenvalue weighted by molar-refractivity contribution is 7.89. The summed E-state index contributed by atoms with van der Waals surface area (Å²) in [4.78, 5) is 30.0. The Morgan fingerprint density at radius 3 is 2.39 bits per heavy atom. The molecule has 0 aliphatic carbocycles. The van der Waals surface area contributed by atoms with Gasteiger partial charge in [-0.2, -0.15) is 0 Å². The first kappa shape index (κ1) is 24.0. The number of nitrogens with zero attached hydrogens (tertiary/aromatic N) is 3. The number of anilines is 1. The number of nitrogens with two attached hydrogens (primary N) is 1. The van der Waals surface area contributed by atoms with Gasteiger partial charge >= 0.3 is 12.1 Å². The summed E-state index contributed by atoms with van der Waals surface area (Å²) in [5.41, 5.74) is 6.86. The summed E-state index contributed by atoms with van der Waals surface area (Å²) in [6.07, 6.45) is 0.961. The number of para-hydroxylation sites is 1. The molecule has 0 radical (unpaired) electrons. The summed E-state index contributed by atoms with van der Waals surface area (Å²) in [6, 6.07) is 16.2. The topological polar surface area (TPSA) is 126 Å². The van der Waals surface area contributed by atoms with Crippen molar-refractivity contribution in [3.05, 3.63) is 66.2 Å². The van der Waals surface area contributed by atoms with Crippen LogP contribution in [0.3, 0.4) is 0 Å².